The molecule has 0 spiro atoms. The molecular formula is C6H13KO. The second-order valence-corrected chi connectivity index (χ2v) is 3.01. The Labute approximate surface area is 94.3 Å². The summed E-state index contributed by atoms with van der Waals surface area (Å²) < 4.78 is 0. The largest absolute Gasteiger partial charge is 1.00 e. The molecule has 0 heterocycles. The quantitative estimate of drug-likeness (QED) is 0.379. The van der Waals surface area contributed by atoms with Crippen molar-refractivity contribution in [1.29, 1.82) is 0 Å². The summed E-state index contributed by atoms with van der Waals surface area (Å²) in [7, 11) is 0. The van der Waals surface area contributed by atoms with Crippen molar-refractivity contribution in [1.82, 2.24) is 0 Å². The molecule has 0 N–H and O–H groups in total. The summed E-state index contributed by atoms with van der Waals surface area (Å²) in [4.78, 5) is 0. The van der Waals surface area contributed by atoms with Crippen LogP contribution in [0.5, 0.6) is 0 Å². The molecule has 0 aromatic carbocycles. The van der Waals surface area contributed by atoms with Gasteiger partial charge in [0.1, 0.15) is 0 Å². The van der Waals surface area contributed by atoms with Gasteiger partial charge in [0.15, 0.2) is 0 Å². The Morgan fingerprint density at radius 1 is 1.25 bits per heavy atom. The molecular weight excluding hydrogens is 127 g/mol. The molecule has 44 valence electrons. The van der Waals surface area contributed by atoms with Crippen molar-refractivity contribution in [3.8, 4) is 0 Å². The van der Waals surface area contributed by atoms with E-state index in [1.54, 1.807) is 0 Å². The fourth-order valence-electron chi connectivity index (χ4n) is 0.306. The third-order valence-corrected chi connectivity index (χ3v) is 0.852. The molecule has 0 aliphatic heterocycles. The van der Waals surface area contributed by atoms with E-state index >= 15 is 0 Å². The summed E-state index contributed by atoms with van der Waals surface area (Å²) in [5, 5.41) is 9.95. The van der Waals surface area contributed by atoms with Crippen molar-refractivity contribution >= 4 is 0 Å². The summed E-state index contributed by atoms with van der Waals surface area (Å²) in [6.45, 7) is 6.28. The van der Waals surface area contributed by atoms with Crippen molar-refractivity contribution in [2.45, 2.75) is 27.2 Å². The van der Waals surface area contributed by atoms with Gasteiger partial charge in [-0.1, -0.05) is 27.2 Å². The summed E-state index contributed by atoms with van der Waals surface area (Å²) in [5.74, 6) is 0. The zero-order valence-corrected chi connectivity index (χ0v) is 9.45. The molecule has 1 nitrogen and oxygen atoms in total. The minimum absolute atomic E-state index is 0. The average Bonchev–Trinajstić information content (AvgIpc) is 1.30. The first-order valence-electron chi connectivity index (χ1n) is 2.64. The normalized spacial score (nSPS) is 10.5. The second kappa shape index (κ2) is 5.39. The van der Waals surface area contributed by atoms with Gasteiger partial charge in [0.25, 0.3) is 0 Å². The molecule has 0 rings (SSSR count). The van der Waals surface area contributed by atoms with Gasteiger partial charge >= 0.3 is 51.4 Å². The first kappa shape index (κ1) is 12.3. The third kappa shape index (κ3) is 10.6. The van der Waals surface area contributed by atoms with Gasteiger partial charge in [0, 0.05) is 0 Å². The molecule has 0 saturated carbocycles. The Morgan fingerprint density at radius 2 is 1.62 bits per heavy atom. The molecule has 0 aliphatic carbocycles. The van der Waals surface area contributed by atoms with E-state index in [4.69, 9.17) is 0 Å². The van der Waals surface area contributed by atoms with Crippen LogP contribution < -0.4 is 56.5 Å². The van der Waals surface area contributed by atoms with Crippen molar-refractivity contribution in [3.05, 3.63) is 0 Å². The first-order chi connectivity index (χ1) is 3.06. The van der Waals surface area contributed by atoms with Crippen molar-refractivity contribution in [2.24, 2.45) is 5.41 Å². The van der Waals surface area contributed by atoms with Crippen molar-refractivity contribution in [3.63, 3.8) is 0 Å². The Morgan fingerprint density at radius 3 is 1.62 bits per heavy atom. The monoisotopic (exact) mass is 140 g/mol. The average molecular weight is 140 g/mol. The zero-order valence-electron chi connectivity index (χ0n) is 6.32. The summed E-state index contributed by atoms with van der Waals surface area (Å²) in [6.07, 6.45) is 0.785. The molecule has 0 aromatic heterocycles. The van der Waals surface area contributed by atoms with Crippen LogP contribution in [-0.2, 0) is 0 Å². The molecule has 0 aromatic rings. The minimum atomic E-state index is 0. The first-order valence-corrected chi connectivity index (χ1v) is 2.64. The van der Waals surface area contributed by atoms with Gasteiger partial charge in [-0.2, -0.15) is 0 Å². The van der Waals surface area contributed by atoms with E-state index in [1.807, 2.05) is 0 Å². The van der Waals surface area contributed by atoms with Gasteiger partial charge in [0.05, 0.1) is 0 Å². The van der Waals surface area contributed by atoms with Crippen LogP contribution in [0.2, 0.25) is 0 Å². The van der Waals surface area contributed by atoms with Crippen molar-refractivity contribution < 1.29 is 56.5 Å². The van der Waals surface area contributed by atoms with Gasteiger partial charge in [-0.15, -0.1) is 6.61 Å². The third-order valence-electron chi connectivity index (χ3n) is 0.852. The smallest absolute Gasteiger partial charge is 0.854 e. The number of hydrogen-bond donors (Lipinski definition) is 0. The minimum Gasteiger partial charge on any atom is -0.854 e. The zero-order chi connectivity index (χ0) is 5.91. The predicted octanol–water partition coefficient (Wildman–Crippen LogP) is -2.21. The maximum absolute atomic E-state index is 9.95. The predicted molar refractivity (Wildman–Crippen MR) is 28.9 cm³/mol. The topological polar surface area (TPSA) is 23.1 Å². The van der Waals surface area contributed by atoms with Gasteiger partial charge in [-0.3, -0.25) is 0 Å². The fourth-order valence-corrected chi connectivity index (χ4v) is 0.306. The van der Waals surface area contributed by atoms with Gasteiger partial charge in [0.2, 0.25) is 0 Å². The molecule has 0 atom stereocenters. The molecule has 0 fully saturated rings. The molecule has 0 radical (unpaired) electrons. The summed E-state index contributed by atoms with van der Waals surface area (Å²) in [6, 6.07) is 0. The van der Waals surface area contributed by atoms with Gasteiger partial charge in [-0.25, -0.2) is 0 Å². The molecule has 0 amide bonds. The van der Waals surface area contributed by atoms with E-state index in [2.05, 4.69) is 20.8 Å². The van der Waals surface area contributed by atoms with E-state index in [9.17, 15) is 5.11 Å². The van der Waals surface area contributed by atoms with E-state index in [0.29, 0.717) is 0 Å². The Balaban J connectivity index is 0. The number of rotatable bonds is 1. The molecule has 8 heavy (non-hydrogen) atoms. The maximum atomic E-state index is 9.95. The fraction of sp³-hybridized carbons (Fsp3) is 1.00. The Bertz CT molecular complexity index is 47.0. The van der Waals surface area contributed by atoms with Crippen LogP contribution in [0.1, 0.15) is 27.2 Å². The maximum Gasteiger partial charge on any atom is 1.00 e. The van der Waals surface area contributed by atoms with Crippen LogP contribution >= 0.6 is 0 Å². The van der Waals surface area contributed by atoms with E-state index in [0.717, 1.165) is 6.42 Å². The standard InChI is InChI=1S/C6H13O.K/c1-6(2,3)4-5-7;/h4-5H2,1-3H3;/q-1;+1. The molecule has 0 saturated heterocycles. The molecule has 0 aliphatic rings. The van der Waals surface area contributed by atoms with E-state index in [-0.39, 0.29) is 63.4 Å². The van der Waals surface area contributed by atoms with Crippen LogP contribution in [0.15, 0.2) is 0 Å². The van der Waals surface area contributed by atoms with E-state index in [1.165, 1.54) is 0 Å². The summed E-state index contributed by atoms with van der Waals surface area (Å²) >= 11 is 0. The van der Waals surface area contributed by atoms with E-state index < -0.39 is 0 Å². The SMILES string of the molecule is CC(C)(C)CC[O-].[K+]. The van der Waals surface area contributed by atoms with Crippen molar-refractivity contribution in [2.75, 3.05) is 6.61 Å². The Hall–Kier alpha value is 1.60. The van der Waals surface area contributed by atoms with Crippen LogP contribution in [0, 0.1) is 5.41 Å². The van der Waals surface area contributed by atoms with Crippen LogP contribution in [0.4, 0.5) is 0 Å². The van der Waals surface area contributed by atoms with Gasteiger partial charge in [-0.05, 0) is 5.41 Å². The van der Waals surface area contributed by atoms with Crippen LogP contribution in [-0.4, -0.2) is 6.61 Å². The number of hydrogen-bond acceptors (Lipinski definition) is 1. The molecule has 0 bridgehead atoms. The van der Waals surface area contributed by atoms with Crippen LogP contribution in [0.3, 0.4) is 0 Å². The molecule has 0 unspecified atom stereocenters. The Kier molecular flexibility index (Phi) is 8.27. The van der Waals surface area contributed by atoms with Gasteiger partial charge < -0.3 is 5.11 Å². The second-order valence-electron chi connectivity index (χ2n) is 3.01. The summed E-state index contributed by atoms with van der Waals surface area (Å²) in [5.41, 5.74) is 0.238. The van der Waals surface area contributed by atoms with Crippen LogP contribution in [0.25, 0.3) is 0 Å². The molecule has 2 heteroatoms.